The maximum absolute atomic E-state index is 11.2. The van der Waals surface area contributed by atoms with E-state index in [9.17, 15) is 4.79 Å². The summed E-state index contributed by atoms with van der Waals surface area (Å²) < 4.78 is 3.59. The molecule has 6 heteroatoms. The fourth-order valence-electron chi connectivity index (χ4n) is 0.725. The fourth-order valence-corrected chi connectivity index (χ4v) is 1.18. The van der Waals surface area contributed by atoms with Crippen molar-refractivity contribution in [2.45, 2.75) is 20.0 Å². The molecule has 0 atom stereocenters. The van der Waals surface area contributed by atoms with Crippen LogP contribution in [0.3, 0.4) is 0 Å². The zero-order valence-corrected chi connectivity index (χ0v) is 8.35. The highest BCUT2D eigenvalue weighted by atomic mass is 127. The molecule has 0 saturated heterocycles. The molecule has 0 saturated carbocycles. The van der Waals surface area contributed by atoms with E-state index in [4.69, 9.17) is 0 Å². The second-order valence-corrected chi connectivity index (χ2v) is 3.07. The van der Waals surface area contributed by atoms with Crippen LogP contribution in [0.5, 0.6) is 0 Å². The summed E-state index contributed by atoms with van der Waals surface area (Å²) in [6.07, 6.45) is 0. The third-order valence-electron chi connectivity index (χ3n) is 1.29. The number of tetrazole rings is 1. The van der Waals surface area contributed by atoms with Crippen LogP contribution in [0, 0.1) is 0 Å². The standard InChI is InChI=1S/C5H9IN4O/c1-2-9-5(11)10(4-3-6)8-7-9/h2-4H2,1H3. The van der Waals surface area contributed by atoms with E-state index < -0.39 is 0 Å². The lowest BCUT2D eigenvalue weighted by Gasteiger charge is -1.90. The highest BCUT2D eigenvalue weighted by molar-refractivity contribution is 14.1. The Labute approximate surface area is 77.5 Å². The average Bonchev–Trinajstić information content (AvgIpc) is 2.34. The Bertz CT molecular complexity index is 278. The molecule has 0 aliphatic carbocycles. The highest BCUT2D eigenvalue weighted by Gasteiger charge is 2.02. The minimum absolute atomic E-state index is 0.121. The molecule has 0 unspecified atom stereocenters. The smallest absolute Gasteiger partial charge is 0.244 e. The average molecular weight is 268 g/mol. The molecule has 0 fully saturated rings. The van der Waals surface area contributed by atoms with Crippen LogP contribution >= 0.6 is 22.6 Å². The molecular weight excluding hydrogens is 259 g/mol. The van der Waals surface area contributed by atoms with Crippen LogP contribution in [-0.4, -0.2) is 24.2 Å². The maximum Gasteiger partial charge on any atom is 0.363 e. The molecule has 0 aliphatic rings. The lowest BCUT2D eigenvalue weighted by molar-refractivity contribution is 0.609. The van der Waals surface area contributed by atoms with Crippen molar-refractivity contribution in [2.24, 2.45) is 0 Å². The molecule has 0 bridgehead atoms. The minimum Gasteiger partial charge on any atom is -0.244 e. The van der Waals surface area contributed by atoms with Gasteiger partial charge in [0.25, 0.3) is 0 Å². The van der Waals surface area contributed by atoms with Gasteiger partial charge in [-0.1, -0.05) is 22.6 Å². The van der Waals surface area contributed by atoms with E-state index in [1.165, 1.54) is 9.36 Å². The summed E-state index contributed by atoms with van der Waals surface area (Å²) in [6, 6.07) is 0. The van der Waals surface area contributed by atoms with Gasteiger partial charge in [-0.3, -0.25) is 0 Å². The predicted molar refractivity (Wildman–Crippen MR) is 48.8 cm³/mol. The molecule has 0 amide bonds. The first kappa shape index (κ1) is 8.69. The number of alkyl halides is 1. The Morgan fingerprint density at radius 1 is 1.45 bits per heavy atom. The third kappa shape index (κ3) is 1.79. The molecule has 0 radical (unpaired) electrons. The fraction of sp³-hybridized carbons (Fsp3) is 0.800. The van der Waals surface area contributed by atoms with Gasteiger partial charge in [0.1, 0.15) is 0 Å². The summed E-state index contributed by atoms with van der Waals surface area (Å²) in [5, 5.41) is 7.36. The number of hydrogen-bond donors (Lipinski definition) is 0. The van der Waals surface area contributed by atoms with E-state index in [2.05, 4.69) is 33.0 Å². The van der Waals surface area contributed by atoms with Gasteiger partial charge in [-0.05, 0) is 17.4 Å². The van der Waals surface area contributed by atoms with Gasteiger partial charge in [-0.2, -0.15) is 9.36 Å². The third-order valence-corrected chi connectivity index (χ3v) is 1.78. The molecule has 11 heavy (non-hydrogen) atoms. The zero-order valence-electron chi connectivity index (χ0n) is 6.20. The van der Waals surface area contributed by atoms with E-state index in [1.807, 2.05) is 6.92 Å². The van der Waals surface area contributed by atoms with Crippen LogP contribution in [-0.2, 0) is 13.1 Å². The second kappa shape index (κ2) is 3.84. The number of rotatable bonds is 3. The molecule has 0 aromatic carbocycles. The second-order valence-electron chi connectivity index (χ2n) is 1.99. The SMILES string of the molecule is CCn1nnn(CCI)c1=O. The van der Waals surface area contributed by atoms with Crippen LogP contribution < -0.4 is 5.69 Å². The molecule has 0 spiro atoms. The van der Waals surface area contributed by atoms with Gasteiger partial charge in [0, 0.05) is 11.0 Å². The first-order valence-electron chi connectivity index (χ1n) is 3.36. The van der Waals surface area contributed by atoms with Crippen molar-refractivity contribution in [2.75, 3.05) is 4.43 Å². The minimum atomic E-state index is -0.121. The van der Waals surface area contributed by atoms with Gasteiger partial charge in [0.2, 0.25) is 0 Å². The lowest BCUT2D eigenvalue weighted by Crippen LogP contribution is -2.25. The van der Waals surface area contributed by atoms with Crippen molar-refractivity contribution >= 4 is 22.6 Å². The summed E-state index contributed by atoms with van der Waals surface area (Å²) in [4.78, 5) is 11.2. The summed E-state index contributed by atoms with van der Waals surface area (Å²) >= 11 is 2.19. The molecule has 5 nitrogen and oxygen atoms in total. The molecule has 1 rings (SSSR count). The lowest BCUT2D eigenvalue weighted by atomic mass is 10.7. The topological polar surface area (TPSA) is 52.7 Å². The Hall–Kier alpha value is -0.400. The van der Waals surface area contributed by atoms with Gasteiger partial charge >= 0.3 is 5.69 Å². The number of halogens is 1. The molecule has 0 N–H and O–H groups in total. The molecule has 1 aromatic rings. The van der Waals surface area contributed by atoms with Gasteiger partial charge < -0.3 is 0 Å². The Morgan fingerprint density at radius 2 is 2.09 bits per heavy atom. The first-order chi connectivity index (χ1) is 5.29. The summed E-state index contributed by atoms with van der Waals surface area (Å²) in [6.45, 7) is 3.09. The number of aryl methyl sites for hydroxylation is 2. The van der Waals surface area contributed by atoms with Crippen molar-refractivity contribution in [1.82, 2.24) is 19.8 Å². The highest BCUT2D eigenvalue weighted by Crippen LogP contribution is 1.82. The van der Waals surface area contributed by atoms with E-state index in [0.717, 1.165) is 4.43 Å². The number of aromatic nitrogens is 4. The normalized spacial score (nSPS) is 10.4. The van der Waals surface area contributed by atoms with Crippen molar-refractivity contribution in [3.05, 3.63) is 10.5 Å². The Balaban J connectivity index is 2.92. The first-order valence-corrected chi connectivity index (χ1v) is 4.88. The largest absolute Gasteiger partial charge is 0.363 e. The molecule has 0 aliphatic heterocycles. The van der Waals surface area contributed by atoms with Crippen LogP contribution in [0.4, 0.5) is 0 Å². The van der Waals surface area contributed by atoms with Gasteiger partial charge in [0.05, 0.1) is 6.54 Å². The van der Waals surface area contributed by atoms with E-state index >= 15 is 0 Å². The van der Waals surface area contributed by atoms with Gasteiger partial charge in [-0.25, -0.2) is 4.79 Å². The predicted octanol–water partition coefficient (Wildman–Crippen LogP) is -0.105. The molecule has 1 heterocycles. The Kier molecular flexibility index (Phi) is 3.03. The van der Waals surface area contributed by atoms with Crippen LogP contribution in [0.1, 0.15) is 6.92 Å². The van der Waals surface area contributed by atoms with Gasteiger partial charge in [-0.15, -0.1) is 0 Å². The monoisotopic (exact) mass is 268 g/mol. The number of nitrogens with zero attached hydrogens (tertiary/aromatic N) is 4. The summed E-state index contributed by atoms with van der Waals surface area (Å²) in [7, 11) is 0. The molecule has 1 aromatic heterocycles. The maximum atomic E-state index is 11.2. The van der Waals surface area contributed by atoms with Crippen LogP contribution in [0.25, 0.3) is 0 Å². The molecular formula is C5H9IN4O. The van der Waals surface area contributed by atoms with Crippen molar-refractivity contribution in [3.63, 3.8) is 0 Å². The van der Waals surface area contributed by atoms with Crippen molar-refractivity contribution < 1.29 is 0 Å². The summed E-state index contributed by atoms with van der Waals surface area (Å²) in [5.41, 5.74) is -0.121. The number of hydrogen-bond acceptors (Lipinski definition) is 3. The quantitative estimate of drug-likeness (QED) is 0.568. The van der Waals surface area contributed by atoms with E-state index in [0.29, 0.717) is 13.1 Å². The summed E-state index contributed by atoms with van der Waals surface area (Å²) in [5.74, 6) is 0. The molecule has 62 valence electrons. The van der Waals surface area contributed by atoms with E-state index in [1.54, 1.807) is 0 Å². The van der Waals surface area contributed by atoms with Crippen LogP contribution in [0.15, 0.2) is 4.79 Å². The van der Waals surface area contributed by atoms with Crippen molar-refractivity contribution in [1.29, 1.82) is 0 Å². The van der Waals surface area contributed by atoms with E-state index in [-0.39, 0.29) is 5.69 Å². The van der Waals surface area contributed by atoms with Crippen molar-refractivity contribution in [3.8, 4) is 0 Å². The zero-order chi connectivity index (χ0) is 8.27. The van der Waals surface area contributed by atoms with Crippen LogP contribution in [0.2, 0.25) is 0 Å². The Morgan fingerprint density at radius 3 is 2.55 bits per heavy atom. The van der Waals surface area contributed by atoms with Gasteiger partial charge in [0.15, 0.2) is 0 Å².